The van der Waals surface area contributed by atoms with E-state index in [1.165, 1.54) is 0 Å². The largest absolute Gasteiger partial charge is 0.497 e. The Balaban J connectivity index is 1.41. The SMILES string of the molecule is CNC(=O)N(c1ccc(OC)cc1)C1CCN(Cc2nc(-c3ccccc3)[nH]c2C)CC1. The number of ether oxygens (including phenoxy) is 1. The van der Waals surface area contributed by atoms with Crippen molar-refractivity contribution < 1.29 is 9.53 Å². The molecule has 0 radical (unpaired) electrons. The van der Waals surface area contributed by atoms with E-state index < -0.39 is 0 Å². The predicted octanol–water partition coefficient (Wildman–Crippen LogP) is 4.20. The monoisotopic (exact) mass is 433 g/mol. The number of methoxy groups -OCH3 is 1. The number of anilines is 1. The van der Waals surface area contributed by atoms with Gasteiger partial charge in [0.15, 0.2) is 0 Å². The molecule has 1 aliphatic rings. The number of amides is 2. The molecule has 2 N–H and O–H groups in total. The molecule has 7 nitrogen and oxygen atoms in total. The van der Waals surface area contributed by atoms with Gasteiger partial charge in [0.25, 0.3) is 0 Å². The van der Waals surface area contributed by atoms with E-state index in [4.69, 9.17) is 9.72 Å². The first kappa shape index (κ1) is 21.9. The molecule has 2 heterocycles. The number of hydrogen-bond acceptors (Lipinski definition) is 4. The zero-order chi connectivity index (χ0) is 22.5. The van der Waals surface area contributed by atoms with Crippen LogP contribution in [0.15, 0.2) is 54.6 Å². The summed E-state index contributed by atoms with van der Waals surface area (Å²) in [6, 6.07) is 18.0. The molecule has 1 fully saturated rings. The lowest BCUT2D eigenvalue weighted by Gasteiger charge is -2.38. The van der Waals surface area contributed by atoms with Crippen LogP contribution in [0.5, 0.6) is 5.75 Å². The van der Waals surface area contributed by atoms with Gasteiger partial charge in [-0.3, -0.25) is 9.80 Å². The lowest BCUT2D eigenvalue weighted by Crippen LogP contribution is -2.50. The molecule has 32 heavy (non-hydrogen) atoms. The fourth-order valence-corrected chi connectivity index (χ4v) is 4.29. The maximum atomic E-state index is 12.7. The van der Waals surface area contributed by atoms with Crippen LogP contribution in [0.25, 0.3) is 11.4 Å². The van der Waals surface area contributed by atoms with Gasteiger partial charge in [-0.1, -0.05) is 30.3 Å². The van der Waals surface area contributed by atoms with Crippen LogP contribution in [0.3, 0.4) is 0 Å². The third-order valence-corrected chi connectivity index (χ3v) is 6.11. The van der Waals surface area contributed by atoms with E-state index in [1.54, 1.807) is 14.2 Å². The summed E-state index contributed by atoms with van der Waals surface area (Å²) in [4.78, 5) is 25.2. The highest BCUT2D eigenvalue weighted by molar-refractivity contribution is 5.92. The first-order valence-corrected chi connectivity index (χ1v) is 11.1. The van der Waals surface area contributed by atoms with Gasteiger partial charge in [0.05, 0.1) is 12.8 Å². The number of rotatable bonds is 6. The molecule has 0 spiro atoms. The number of nitrogens with zero attached hydrogens (tertiary/aromatic N) is 3. The molecule has 1 saturated heterocycles. The van der Waals surface area contributed by atoms with Crippen molar-refractivity contribution >= 4 is 11.7 Å². The Labute approximate surface area is 189 Å². The van der Waals surface area contributed by atoms with Crippen LogP contribution in [-0.2, 0) is 6.54 Å². The Morgan fingerprint density at radius 1 is 1.16 bits per heavy atom. The average Bonchev–Trinajstić information content (AvgIpc) is 3.21. The molecule has 168 valence electrons. The summed E-state index contributed by atoms with van der Waals surface area (Å²) >= 11 is 0. The number of aromatic nitrogens is 2. The summed E-state index contributed by atoms with van der Waals surface area (Å²) in [6.07, 6.45) is 1.82. The van der Waals surface area contributed by atoms with Crippen LogP contribution in [-0.4, -0.2) is 54.2 Å². The highest BCUT2D eigenvalue weighted by atomic mass is 16.5. The standard InChI is InChI=1S/C25H31N5O2/c1-18-23(28-24(27-18)19-7-5-4-6-8-19)17-29-15-13-21(14-16-29)30(25(31)26-2)20-9-11-22(32-3)12-10-20/h4-12,21H,13-17H2,1-3H3,(H,26,31)(H,27,28). The molecular formula is C25H31N5O2. The maximum absolute atomic E-state index is 12.7. The van der Waals surface area contributed by atoms with Gasteiger partial charge in [0.2, 0.25) is 0 Å². The van der Waals surface area contributed by atoms with Crippen molar-refractivity contribution in [3.8, 4) is 17.1 Å². The van der Waals surface area contributed by atoms with Crippen LogP contribution < -0.4 is 15.0 Å². The predicted molar refractivity (Wildman–Crippen MR) is 127 cm³/mol. The van der Waals surface area contributed by atoms with Gasteiger partial charge in [-0.2, -0.15) is 0 Å². The molecular weight excluding hydrogens is 402 g/mol. The van der Waals surface area contributed by atoms with Gasteiger partial charge in [-0.05, 0) is 44.0 Å². The number of benzene rings is 2. The van der Waals surface area contributed by atoms with E-state index in [9.17, 15) is 4.79 Å². The summed E-state index contributed by atoms with van der Waals surface area (Å²) in [5.41, 5.74) is 4.18. The number of nitrogens with one attached hydrogen (secondary N) is 2. The molecule has 1 aromatic heterocycles. The average molecular weight is 434 g/mol. The Morgan fingerprint density at radius 3 is 2.47 bits per heavy atom. The summed E-state index contributed by atoms with van der Waals surface area (Å²) in [6.45, 7) is 4.73. The molecule has 0 atom stereocenters. The number of piperidine rings is 1. The smallest absolute Gasteiger partial charge is 0.321 e. The summed E-state index contributed by atoms with van der Waals surface area (Å²) in [5, 5.41) is 2.79. The molecule has 0 aliphatic carbocycles. The highest BCUT2D eigenvalue weighted by Crippen LogP contribution is 2.27. The Morgan fingerprint density at radius 2 is 1.84 bits per heavy atom. The minimum absolute atomic E-state index is 0.0794. The summed E-state index contributed by atoms with van der Waals surface area (Å²) in [7, 11) is 3.32. The van der Waals surface area contributed by atoms with E-state index in [1.807, 2.05) is 47.4 Å². The second kappa shape index (κ2) is 9.87. The zero-order valence-corrected chi connectivity index (χ0v) is 19.0. The lowest BCUT2D eigenvalue weighted by molar-refractivity contribution is 0.196. The van der Waals surface area contributed by atoms with Crippen molar-refractivity contribution in [3.63, 3.8) is 0 Å². The normalized spacial score (nSPS) is 14.8. The minimum Gasteiger partial charge on any atom is -0.497 e. The number of hydrogen-bond donors (Lipinski definition) is 2. The number of imidazole rings is 1. The van der Waals surface area contributed by atoms with Crippen molar-refractivity contribution in [2.24, 2.45) is 0 Å². The second-order valence-electron chi connectivity index (χ2n) is 8.15. The first-order chi connectivity index (χ1) is 15.6. The van der Waals surface area contributed by atoms with Crippen molar-refractivity contribution in [2.75, 3.05) is 32.1 Å². The molecule has 2 aromatic carbocycles. The third-order valence-electron chi connectivity index (χ3n) is 6.11. The van der Waals surface area contributed by atoms with Crippen LogP contribution in [0.1, 0.15) is 24.2 Å². The van der Waals surface area contributed by atoms with Crippen LogP contribution in [0.2, 0.25) is 0 Å². The van der Waals surface area contributed by atoms with E-state index >= 15 is 0 Å². The number of H-pyrrole nitrogens is 1. The van der Waals surface area contributed by atoms with Gasteiger partial charge >= 0.3 is 6.03 Å². The molecule has 3 aromatic rings. The first-order valence-electron chi connectivity index (χ1n) is 11.1. The van der Waals surface area contributed by atoms with E-state index in [0.717, 1.165) is 66.7 Å². The van der Waals surface area contributed by atoms with E-state index in [0.29, 0.717) is 0 Å². The minimum atomic E-state index is -0.0794. The third kappa shape index (κ3) is 4.78. The quantitative estimate of drug-likeness (QED) is 0.611. The van der Waals surface area contributed by atoms with E-state index in [-0.39, 0.29) is 12.1 Å². The van der Waals surface area contributed by atoms with Gasteiger partial charge in [-0.15, -0.1) is 0 Å². The van der Waals surface area contributed by atoms with Gasteiger partial charge in [0.1, 0.15) is 11.6 Å². The molecule has 0 unspecified atom stereocenters. The van der Waals surface area contributed by atoms with Gasteiger partial charge in [-0.25, -0.2) is 9.78 Å². The fourth-order valence-electron chi connectivity index (χ4n) is 4.29. The molecule has 0 saturated carbocycles. The van der Waals surface area contributed by atoms with Gasteiger partial charge < -0.3 is 15.0 Å². The molecule has 0 bridgehead atoms. The Kier molecular flexibility index (Phi) is 6.75. The fraction of sp³-hybridized carbons (Fsp3) is 0.360. The number of carbonyl (C=O) groups is 1. The molecule has 1 aliphatic heterocycles. The summed E-state index contributed by atoms with van der Waals surface area (Å²) < 4.78 is 5.26. The van der Waals surface area contributed by atoms with Gasteiger partial charge in [0, 0.05) is 49.7 Å². The van der Waals surface area contributed by atoms with Crippen molar-refractivity contribution in [1.29, 1.82) is 0 Å². The number of aryl methyl sites for hydroxylation is 1. The second-order valence-corrected chi connectivity index (χ2v) is 8.15. The number of likely N-dealkylation sites (tertiary alicyclic amines) is 1. The lowest BCUT2D eigenvalue weighted by atomic mass is 10.0. The highest BCUT2D eigenvalue weighted by Gasteiger charge is 2.29. The van der Waals surface area contributed by atoms with Crippen LogP contribution in [0.4, 0.5) is 10.5 Å². The zero-order valence-electron chi connectivity index (χ0n) is 19.0. The maximum Gasteiger partial charge on any atom is 0.321 e. The molecule has 4 rings (SSSR count). The van der Waals surface area contributed by atoms with Crippen molar-refractivity contribution in [2.45, 2.75) is 32.4 Å². The number of urea groups is 1. The van der Waals surface area contributed by atoms with Crippen LogP contribution in [0, 0.1) is 6.92 Å². The summed E-state index contributed by atoms with van der Waals surface area (Å²) in [5.74, 6) is 1.70. The van der Waals surface area contributed by atoms with Crippen molar-refractivity contribution in [1.82, 2.24) is 20.2 Å². The van der Waals surface area contributed by atoms with Crippen LogP contribution >= 0.6 is 0 Å². The Bertz CT molecular complexity index is 1020. The van der Waals surface area contributed by atoms with Crippen molar-refractivity contribution in [3.05, 3.63) is 66.0 Å². The Hall–Kier alpha value is -3.32. The number of aromatic amines is 1. The number of carbonyl (C=O) groups excluding carboxylic acids is 1. The van der Waals surface area contributed by atoms with E-state index in [2.05, 4.69) is 34.3 Å². The molecule has 2 amide bonds. The topological polar surface area (TPSA) is 73.5 Å². The molecule has 7 heteroatoms.